The number of carboxylic acids is 1. The Kier molecular flexibility index (Phi) is 4.61. The third-order valence-corrected chi connectivity index (χ3v) is 4.09. The molecule has 1 aromatic heterocycles. The summed E-state index contributed by atoms with van der Waals surface area (Å²) < 4.78 is 0.864. The van der Waals surface area contributed by atoms with E-state index < -0.39 is 5.97 Å². The SMILES string of the molecule is CC(Cc1cccs1)Nc1cc(Br)ccc1C(=O)O. The van der Waals surface area contributed by atoms with Gasteiger partial charge >= 0.3 is 5.97 Å². The summed E-state index contributed by atoms with van der Waals surface area (Å²) in [4.78, 5) is 12.5. The largest absolute Gasteiger partial charge is 0.478 e. The zero-order valence-corrected chi connectivity index (χ0v) is 12.8. The lowest BCUT2D eigenvalue weighted by Gasteiger charge is -2.16. The minimum atomic E-state index is -0.918. The number of nitrogens with one attached hydrogen (secondary N) is 1. The topological polar surface area (TPSA) is 49.3 Å². The number of halogens is 1. The van der Waals surface area contributed by atoms with E-state index in [4.69, 9.17) is 0 Å². The fourth-order valence-corrected chi connectivity index (χ4v) is 3.07. The zero-order chi connectivity index (χ0) is 13.8. The van der Waals surface area contributed by atoms with Crippen LogP contribution in [0.5, 0.6) is 0 Å². The van der Waals surface area contributed by atoms with E-state index >= 15 is 0 Å². The van der Waals surface area contributed by atoms with Crippen molar-refractivity contribution in [3.8, 4) is 0 Å². The first kappa shape index (κ1) is 14.1. The molecular formula is C14H14BrNO2S. The standard InChI is InChI=1S/C14H14BrNO2S/c1-9(7-11-3-2-6-19-11)16-13-8-10(15)4-5-12(13)14(17)18/h2-6,8-9,16H,7H2,1H3,(H,17,18). The highest BCUT2D eigenvalue weighted by molar-refractivity contribution is 9.10. The van der Waals surface area contributed by atoms with Crippen LogP contribution in [0.1, 0.15) is 22.2 Å². The molecule has 0 aliphatic rings. The summed E-state index contributed by atoms with van der Waals surface area (Å²) in [6, 6.07) is 9.42. The second kappa shape index (κ2) is 6.21. The maximum Gasteiger partial charge on any atom is 0.337 e. The number of carbonyl (C=O) groups is 1. The Balaban J connectivity index is 2.13. The van der Waals surface area contributed by atoms with Gasteiger partial charge in [0.15, 0.2) is 0 Å². The molecule has 1 unspecified atom stereocenters. The molecule has 100 valence electrons. The van der Waals surface area contributed by atoms with Gasteiger partial charge in [0, 0.05) is 21.8 Å². The van der Waals surface area contributed by atoms with Crippen LogP contribution >= 0.6 is 27.3 Å². The zero-order valence-electron chi connectivity index (χ0n) is 10.4. The van der Waals surface area contributed by atoms with Gasteiger partial charge in [-0.3, -0.25) is 0 Å². The fraction of sp³-hybridized carbons (Fsp3) is 0.214. The molecule has 5 heteroatoms. The van der Waals surface area contributed by atoms with Gasteiger partial charge in [0.25, 0.3) is 0 Å². The monoisotopic (exact) mass is 339 g/mol. The predicted octanol–water partition coefficient (Wildman–Crippen LogP) is 4.25. The first-order valence-corrected chi connectivity index (χ1v) is 7.55. The highest BCUT2D eigenvalue weighted by atomic mass is 79.9. The normalized spacial score (nSPS) is 12.1. The van der Waals surface area contributed by atoms with Crippen LogP contribution in [0.15, 0.2) is 40.2 Å². The molecule has 1 heterocycles. The number of benzene rings is 1. The first-order chi connectivity index (χ1) is 9.06. The average Bonchev–Trinajstić information content (AvgIpc) is 2.81. The molecule has 19 heavy (non-hydrogen) atoms. The van der Waals surface area contributed by atoms with Gasteiger partial charge in [0.1, 0.15) is 0 Å². The van der Waals surface area contributed by atoms with Gasteiger partial charge < -0.3 is 10.4 Å². The molecule has 0 saturated carbocycles. The molecule has 3 nitrogen and oxygen atoms in total. The van der Waals surface area contributed by atoms with E-state index in [1.54, 1.807) is 29.5 Å². The van der Waals surface area contributed by atoms with E-state index in [2.05, 4.69) is 27.3 Å². The molecule has 0 spiro atoms. The Hall–Kier alpha value is -1.33. The van der Waals surface area contributed by atoms with E-state index in [0.717, 1.165) is 10.9 Å². The Morgan fingerprint density at radius 1 is 1.47 bits per heavy atom. The van der Waals surface area contributed by atoms with E-state index in [1.165, 1.54) is 4.88 Å². The lowest BCUT2D eigenvalue weighted by Crippen LogP contribution is -2.19. The van der Waals surface area contributed by atoms with Crippen LogP contribution in [0, 0.1) is 0 Å². The van der Waals surface area contributed by atoms with Crippen LogP contribution in [0.25, 0.3) is 0 Å². The molecule has 2 aromatic rings. The van der Waals surface area contributed by atoms with Crippen LogP contribution < -0.4 is 5.32 Å². The third-order valence-electron chi connectivity index (χ3n) is 2.70. The van der Waals surface area contributed by atoms with Gasteiger partial charge in [-0.1, -0.05) is 22.0 Å². The average molecular weight is 340 g/mol. The molecule has 0 saturated heterocycles. The Morgan fingerprint density at radius 3 is 2.89 bits per heavy atom. The summed E-state index contributed by atoms with van der Waals surface area (Å²) >= 11 is 5.08. The highest BCUT2D eigenvalue weighted by Gasteiger charge is 2.13. The van der Waals surface area contributed by atoms with Crippen molar-refractivity contribution in [2.45, 2.75) is 19.4 Å². The molecular weight excluding hydrogens is 326 g/mol. The molecule has 0 aliphatic heterocycles. The van der Waals surface area contributed by atoms with Gasteiger partial charge in [-0.2, -0.15) is 0 Å². The Labute approximate surface area is 124 Å². The molecule has 1 aromatic carbocycles. The van der Waals surface area contributed by atoms with Crippen LogP contribution in [0.2, 0.25) is 0 Å². The predicted molar refractivity (Wildman–Crippen MR) is 82.2 cm³/mol. The lowest BCUT2D eigenvalue weighted by atomic mass is 10.1. The Bertz CT molecular complexity index is 569. The van der Waals surface area contributed by atoms with Crippen molar-refractivity contribution in [3.05, 3.63) is 50.6 Å². The van der Waals surface area contributed by atoms with Crippen LogP contribution in [-0.2, 0) is 6.42 Å². The number of hydrogen-bond acceptors (Lipinski definition) is 3. The first-order valence-electron chi connectivity index (χ1n) is 5.88. The van der Waals surface area contributed by atoms with Crippen molar-refractivity contribution in [3.63, 3.8) is 0 Å². The molecule has 2 rings (SSSR count). The summed E-state index contributed by atoms with van der Waals surface area (Å²) in [7, 11) is 0. The third kappa shape index (κ3) is 3.81. The van der Waals surface area contributed by atoms with Crippen molar-refractivity contribution in [1.29, 1.82) is 0 Å². The van der Waals surface area contributed by atoms with Gasteiger partial charge in [0.05, 0.1) is 11.3 Å². The van der Waals surface area contributed by atoms with Crippen molar-refractivity contribution in [1.82, 2.24) is 0 Å². The molecule has 0 amide bonds. The highest BCUT2D eigenvalue weighted by Crippen LogP contribution is 2.23. The van der Waals surface area contributed by atoms with E-state index in [0.29, 0.717) is 11.3 Å². The van der Waals surface area contributed by atoms with E-state index in [-0.39, 0.29) is 6.04 Å². The van der Waals surface area contributed by atoms with Gasteiger partial charge in [-0.15, -0.1) is 11.3 Å². The van der Waals surface area contributed by atoms with E-state index in [9.17, 15) is 9.90 Å². The summed E-state index contributed by atoms with van der Waals surface area (Å²) in [5.74, 6) is -0.918. The molecule has 1 atom stereocenters. The van der Waals surface area contributed by atoms with Crippen molar-refractivity contribution < 1.29 is 9.90 Å². The van der Waals surface area contributed by atoms with Crippen molar-refractivity contribution in [2.75, 3.05) is 5.32 Å². The maximum absolute atomic E-state index is 11.2. The number of carboxylic acid groups (broad SMARTS) is 1. The fourth-order valence-electron chi connectivity index (χ4n) is 1.87. The molecule has 0 radical (unpaired) electrons. The maximum atomic E-state index is 11.2. The van der Waals surface area contributed by atoms with Gasteiger partial charge in [-0.05, 0) is 36.6 Å². The number of thiophene rings is 1. The molecule has 0 bridgehead atoms. The van der Waals surface area contributed by atoms with E-state index in [1.807, 2.05) is 18.4 Å². The summed E-state index contributed by atoms with van der Waals surface area (Å²) in [5, 5.41) is 14.5. The second-order valence-electron chi connectivity index (χ2n) is 4.32. The van der Waals surface area contributed by atoms with Crippen LogP contribution in [0.3, 0.4) is 0 Å². The number of rotatable bonds is 5. The lowest BCUT2D eigenvalue weighted by molar-refractivity contribution is 0.0698. The minimum Gasteiger partial charge on any atom is -0.478 e. The molecule has 0 aliphatic carbocycles. The van der Waals surface area contributed by atoms with Crippen molar-refractivity contribution in [2.24, 2.45) is 0 Å². The van der Waals surface area contributed by atoms with Gasteiger partial charge in [-0.25, -0.2) is 4.79 Å². The summed E-state index contributed by atoms with van der Waals surface area (Å²) in [6.07, 6.45) is 0.878. The summed E-state index contributed by atoms with van der Waals surface area (Å²) in [5.41, 5.74) is 0.937. The minimum absolute atomic E-state index is 0.172. The number of anilines is 1. The Morgan fingerprint density at radius 2 is 2.26 bits per heavy atom. The van der Waals surface area contributed by atoms with Gasteiger partial charge in [0.2, 0.25) is 0 Å². The number of aromatic carboxylic acids is 1. The smallest absolute Gasteiger partial charge is 0.337 e. The number of hydrogen-bond donors (Lipinski definition) is 2. The molecule has 0 fully saturated rings. The van der Waals surface area contributed by atoms with Crippen LogP contribution in [-0.4, -0.2) is 17.1 Å². The molecule has 2 N–H and O–H groups in total. The summed E-state index contributed by atoms with van der Waals surface area (Å²) in [6.45, 7) is 2.05. The quantitative estimate of drug-likeness (QED) is 0.855. The van der Waals surface area contributed by atoms with Crippen molar-refractivity contribution >= 4 is 38.9 Å². The van der Waals surface area contributed by atoms with Crippen LogP contribution in [0.4, 0.5) is 5.69 Å². The second-order valence-corrected chi connectivity index (χ2v) is 6.27.